The van der Waals surface area contributed by atoms with Crippen LogP contribution in [0.2, 0.25) is 0 Å². The molecule has 1 aromatic heterocycles. The summed E-state index contributed by atoms with van der Waals surface area (Å²) in [4.78, 5) is 3.25. The Hall–Kier alpha value is -2.94. The fourth-order valence-corrected chi connectivity index (χ4v) is 2.52. The van der Waals surface area contributed by atoms with Gasteiger partial charge in [-0.15, -0.1) is 10.2 Å². The van der Waals surface area contributed by atoms with Gasteiger partial charge in [-0.25, -0.2) is 0 Å². The highest BCUT2D eigenvalue weighted by molar-refractivity contribution is 5.92. The van der Waals surface area contributed by atoms with Crippen LogP contribution in [0.1, 0.15) is 0 Å². The van der Waals surface area contributed by atoms with E-state index in [-0.39, 0.29) is 0 Å². The third kappa shape index (κ3) is 2.19. The molecule has 4 rings (SSSR count). The van der Waals surface area contributed by atoms with Gasteiger partial charge in [0.1, 0.15) is 0 Å². The quantitative estimate of drug-likeness (QED) is 0.452. The highest BCUT2D eigenvalue weighted by Crippen LogP contribution is 2.28. The number of nitrogens with zero attached hydrogens (tertiary/aromatic N) is 2. The third-order valence-electron chi connectivity index (χ3n) is 3.55. The molecular formula is C18H13N3. The van der Waals surface area contributed by atoms with Crippen LogP contribution in [-0.2, 0) is 0 Å². The number of para-hydroxylation sites is 1. The summed E-state index contributed by atoms with van der Waals surface area (Å²) in [5.41, 5.74) is 1.95. The van der Waals surface area contributed by atoms with E-state index < -0.39 is 0 Å². The van der Waals surface area contributed by atoms with Crippen LogP contribution < -0.4 is 0 Å². The fourth-order valence-electron chi connectivity index (χ4n) is 2.52. The van der Waals surface area contributed by atoms with Gasteiger partial charge in [0.05, 0.1) is 5.69 Å². The minimum atomic E-state index is 0.768. The number of nitrogens with one attached hydrogen (secondary N) is 1. The first kappa shape index (κ1) is 11.9. The first-order chi connectivity index (χ1) is 10.4. The van der Waals surface area contributed by atoms with Crippen LogP contribution in [0.25, 0.3) is 21.7 Å². The van der Waals surface area contributed by atoms with E-state index >= 15 is 0 Å². The molecule has 100 valence electrons. The maximum absolute atomic E-state index is 4.39. The van der Waals surface area contributed by atoms with Crippen LogP contribution in [0.15, 0.2) is 83.0 Å². The molecule has 0 aliphatic carbocycles. The Morgan fingerprint density at radius 2 is 1.43 bits per heavy atom. The lowest BCUT2D eigenvalue weighted by atomic mass is 10.1. The van der Waals surface area contributed by atoms with E-state index in [1.54, 1.807) is 0 Å². The first-order valence-corrected chi connectivity index (χ1v) is 6.87. The van der Waals surface area contributed by atoms with Crippen LogP contribution >= 0.6 is 0 Å². The van der Waals surface area contributed by atoms with E-state index in [0.29, 0.717) is 0 Å². The molecule has 0 saturated carbocycles. The highest BCUT2D eigenvalue weighted by Gasteiger charge is 2.00. The molecule has 0 spiro atoms. The van der Waals surface area contributed by atoms with Crippen molar-refractivity contribution >= 4 is 33.2 Å². The molecule has 0 radical (unpaired) electrons. The Morgan fingerprint density at radius 1 is 0.667 bits per heavy atom. The molecule has 0 unspecified atom stereocenters. The third-order valence-corrected chi connectivity index (χ3v) is 3.55. The average molecular weight is 271 g/mol. The van der Waals surface area contributed by atoms with Crippen molar-refractivity contribution in [1.82, 2.24) is 4.98 Å². The van der Waals surface area contributed by atoms with Gasteiger partial charge in [-0.05, 0) is 23.6 Å². The zero-order valence-corrected chi connectivity index (χ0v) is 11.3. The fraction of sp³-hybridized carbons (Fsp3) is 0. The van der Waals surface area contributed by atoms with Gasteiger partial charge in [0.25, 0.3) is 0 Å². The topological polar surface area (TPSA) is 40.5 Å². The predicted molar refractivity (Wildman–Crippen MR) is 86.4 cm³/mol. The van der Waals surface area contributed by atoms with Crippen LogP contribution in [-0.4, -0.2) is 4.98 Å². The normalized spacial score (nSPS) is 11.6. The number of benzene rings is 3. The zero-order chi connectivity index (χ0) is 14.1. The lowest BCUT2D eigenvalue weighted by Crippen LogP contribution is -1.72. The molecule has 0 bridgehead atoms. The van der Waals surface area contributed by atoms with Crippen molar-refractivity contribution in [3.63, 3.8) is 0 Å². The zero-order valence-electron chi connectivity index (χ0n) is 11.3. The molecule has 3 aromatic carbocycles. The second-order valence-electron chi connectivity index (χ2n) is 4.94. The van der Waals surface area contributed by atoms with Gasteiger partial charge in [0.2, 0.25) is 0 Å². The summed E-state index contributed by atoms with van der Waals surface area (Å²) in [6, 6.07) is 24.4. The van der Waals surface area contributed by atoms with Gasteiger partial charge in [-0.1, -0.05) is 54.6 Å². The minimum Gasteiger partial charge on any atom is -0.338 e. The lowest BCUT2D eigenvalue weighted by molar-refractivity contribution is 1.20. The highest BCUT2D eigenvalue weighted by atomic mass is 15.1. The number of azo groups is 1. The molecule has 3 nitrogen and oxygen atoms in total. The van der Waals surface area contributed by atoms with Gasteiger partial charge in [-0.3, -0.25) is 0 Å². The standard InChI is InChI=1S/C18H13N3/c1-3-9-15-13(6-1)8-5-11-17(15)20-21-18-12-14-7-2-4-10-16(14)19-18/h1-12,19H. The molecule has 0 amide bonds. The number of H-pyrrole nitrogens is 1. The van der Waals surface area contributed by atoms with Crippen LogP contribution in [0.5, 0.6) is 0 Å². The van der Waals surface area contributed by atoms with Crippen LogP contribution in [0, 0.1) is 0 Å². The summed E-state index contributed by atoms with van der Waals surface area (Å²) < 4.78 is 0. The summed E-state index contributed by atoms with van der Waals surface area (Å²) in [5.74, 6) is 0.768. The second kappa shape index (κ2) is 4.87. The lowest BCUT2D eigenvalue weighted by Gasteiger charge is -1.99. The maximum Gasteiger partial charge on any atom is 0.153 e. The number of rotatable bonds is 2. The van der Waals surface area contributed by atoms with Crippen molar-refractivity contribution in [3.8, 4) is 0 Å². The van der Waals surface area contributed by atoms with Crippen molar-refractivity contribution in [2.24, 2.45) is 10.2 Å². The average Bonchev–Trinajstić information content (AvgIpc) is 2.96. The molecule has 1 N–H and O–H groups in total. The van der Waals surface area contributed by atoms with Crippen molar-refractivity contribution < 1.29 is 0 Å². The van der Waals surface area contributed by atoms with Gasteiger partial charge in [-0.2, -0.15) is 0 Å². The summed E-state index contributed by atoms with van der Waals surface area (Å²) >= 11 is 0. The first-order valence-electron chi connectivity index (χ1n) is 6.87. The maximum atomic E-state index is 4.39. The molecule has 4 aromatic rings. The summed E-state index contributed by atoms with van der Waals surface area (Å²) in [6.45, 7) is 0. The summed E-state index contributed by atoms with van der Waals surface area (Å²) in [6.07, 6.45) is 0. The number of hydrogen-bond donors (Lipinski definition) is 1. The monoisotopic (exact) mass is 271 g/mol. The number of aromatic amines is 1. The molecule has 1 heterocycles. The van der Waals surface area contributed by atoms with Gasteiger partial charge in [0.15, 0.2) is 5.82 Å². The van der Waals surface area contributed by atoms with Crippen molar-refractivity contribution in [3.05, 3.63) is 72.8 Å². The number of aromatic nitrogens is 1. The summed E-state index contributed by atoms with van der Waals surface area (Å²) in [7, 11) is 0. The Balaban J connectivity index is 1.76. The molecule has 0 aliphatic rings. The van der Waals surface area contributed by atoms with E-state index in [1.807, 2.05) is 48.5 Å². The molecular weight excluding hydrogens is 258 g/mol. The Morgan fingerprint density at radius 3 is 2.33 bits per heavy atom. The number of hydrogen-bond acceptors (Lipinski definition) is 2. The molecule has 0 atom stereocenters. The smallest absolute Gasteiger partial charge is 0.153 e. The van der Waals surface area contributed by atoms with E-state index in [9.17, 15) is 0 Å². The molecule has 0 saturated heterocycles. The van der Waals surface area contributed by atoms with Gasteiger partial charge >= 0.3 is 0 Å². The van der Waals surface area contributed by atoms with Gasteiger partial charge in [0, 0.05) is 16.3 Å². The number of fused-ring (bicyclic) bond motifs is 2. The van der Waals surface area contributed by atoms with Crippen LogP contribution in [0.3, 0.4) is 0 Å². The molecule has 0 fully saturated rings. The largest absolute Gasteiger partial charge is 0.338 e. The SMILES string of the molecule is c1ccc2[nH]c(N=Nc3cccc4ccccc34)cc2c1. The van der Waals surface area contributed by atoms with Gasteiger partial charge < -0.3 is 4.98 Å². The van der Waals surface area contributed by atoms with E-state index in [4.69, 9.17) is 0 Å². The van der Waals surface area contributed by atoms with E-state index in [0.717, 1.165) is 27.8 Å². The Bertz CT molecular complexity index is 912. The minimum absolute atomic E-state index is 0.768. The van der Waals surface area contributed by atoms with E-state index in [2.05, 4.69) is 39.5 Å². The summed E-state index contributed by atoms with van der Waals surface area (Å²) in [5, 5.41) is 12.2. The molecule has 0 aliphatic heterocycles. The van der Waals surface area contributed by atoms with Crippen LogP contribution in [0.4, 0.5) is 11.5 Å². The second-order valence-corrected chi connectivity index (χ2v) is 4.94. The van der Waals surface area contributed by atoms with Crippen molar-refractivity contribution in [1.29, 1.82) is 0 Å². The molecule has 3 heteroatoms. The Kier molecular flexibility index (Phi) is 2.75. The predicted octanol–water partition coefficient (Wildman–Crippen LogP) is 5.74. The van der Waals surface area contributed by atoms with Crippen molar-refractivity contribution in [2.45, 2.75) is 0 Å². The van der Waals surface area contributed by atoms with Crippen molar-refractivity contribution in [2.75, 3.05) is 0 Å². The molecule has 21 heavy (non-hydrogen) atoms. The Labute approximate surface area is 122 Å². The van der Waals surface area contributed by atoms with E-state index in [1.165, 1.54) is 5.39 Å².